The summed E-state index contributed by atoms with van der Waals surface area (Å²) in [5.74, 6) is 6.69. The Kier molecular flexibility index (Phi) is 5.43. The standard InChI is InChI=1S/C16H24N2O/c1-2-19-15-11-7-10-14(12-15)16(18-17)13-8-5-3-4-6-9-13/h7-8,10-12,16,18H,2-6,9,17H2,1H3. The molecule has 3 nitrogen and oxygen atoms in total. The van der Waals surface area contributed by atoms with E-state index in [1.165, 1.54) is 36.8 Å². The molecule has 1 aliphatic carbocycles. The molecule has 19 heavy (non-hydrogen) atoms. The minimum atomic E-state index is 0.110. The van der Waals surface area contributed by atoms with Gasteiger partial charge in [0, 0.05) is 0 Å². The van der Waals surface area contributed by atoms with Gasteiger partial charge in [-0.1, -0.05) is 30.2 Å². The molecule has 0 heterocycles. The number of nitrogens with one attached hydrogen (secondary N) is 1. The van der Waals surface area contributed by atoms with E-state index in [1.807, 2.05) is 19.1 Å². The van der Waals surface area contributed by atoms with Crippen LogP contribution in [-0.4, -0.2) is 6.61 Å². The predicted molar refractivity (Wildman–Crippen MR) is 78.8 cm³/mol. The lowest BCUT2D eigenvalue weighted by Crippen LogP contribution is -2.29. The van der Waals surface area contributed by atoms with Crippen molar-refractivity contribution in [3.8, 4) is 5.75 Å². The summed E-state index contributed by atoms with van der Waals surface area (Å²) in [7, 11) is 0. The summed E-state index contributed by atoms with van der Waals surface area (Å²) in [6.45, 7) is 2.69. The number of rotatable bonds is 5. The van der Waals surface area contributed by atoms with Crippen LogP contribution in [-0.2, 0) is 0 Å². The minimum Gasteiger partial charge on any atom is -0.494 e. The van der Waals surface area contributed by atoms with Crippen LogP contribution in [0.3, 0.4) is 0 Å². The van der Waals surface area contributed by atoms with Crippen LogP contribution in [0.2, 0.25) is 0 Å². The number of nitrogens with two attached hydrogens (primary N) is 1. The van der Waals surface area contributed by atoms with Crippen molar-refractivity contribution in [2.75, 3.05) is 6.61 Å². The van der Waals surface area contributed by atoms with Crippen molar-refractivity contribution in [1.29, 1.82) is 0 Å². The van der Waals surface area contributed by atoms with Gasteiger partial charge in [0.05, 0.1) is 12.6 Å². The third-order valence-electron chi connectivity index (χ3n) is 3.62. The maximum Gasteiger partial charge on any atom is 0.119 e. The van der Waals surface area contributed by atoms with Crippen LogP contribution in [0.1, 0.15) is 50.6 Å². The molecule has 0 radical (unpaired) electrons. The fourth-order valence-corrected chi connectivity index (χ4v) is 2.67. The molecule has 3 N–H and O–H groups in total. The first-order chi connectivity index (χ1) is 9.35. The highest BCUT2D eigenvalue weighted by Crippen LogP contribution is 2.30. The number of hydrazine groups is 1. The normalized spacial score (nSPS) is 17.5. The number of ether oxygens (including phenoxy) is 1. The van der Waals surface area contributed by atoms with Gasteiger partial charge in [-0.05, 0) is 50.3 Å². The van der Waals surface area contributed by atoms with Gasteiger partial charge < -0.3 is 4.74 Å². The molecule has 2 rings (SSSR count). The molecule has 1 atom stereocenters. The third-order valence-corrected chi connectivity index (χ3v) is 3.62. The lowest BCUT2D eigenvalue weighted by Gasteiger charge is -2.20. The van der Waals surface area contributed by atoms with Gasteiger partial charge >= 0.3 is 0 Å². The lowest BCUT2D eigenvalue weighted by molar-refractivity contribution is 0.339. The second-order valence-corrected chi connectivity index (χ2v) is 4.98. The van der Waals surface area contributed by atoms with Gasteiger partial charge in [0.25, 0.3) is 0 Å². The Balaban J connectivity index is 2.20. The van der Waals surface area contributed by atoms with Gasteiger partial charge in [-0.2, -0.15) is 0 Å². The fourth-order valence-electron chi connectivity index (χ4n) is 2.67. The molecule has 104 valence electrons. The SMILES string of the molecule is CCOc1cccc(C(NN)C2=CCCCCC2)c1. The topological polar surface area (TPSA) is 47.3 Å². The zero-order valence-electron chi connectivity index (χ0n) is 11.7. The summed E-state index contributed by atoms with van der Waals surface area (Å²) in [4.78, 5) is 0. The molecule has 1 aliphatic rings. The van der Waals surface area contributed by atoms with E-state index in [-0.39, 0.29) is 6.04 Å². The molecule has 0 saturated heterocycles. The van der Waals surface area contributed by atoms with E-state index in [4.69, 9.17) is 10.6 Å². The van der Waals surface area contributed by atoms with Crippen LogP contribution in [0.15, 0.2) is 35.9 Å². The van der Waals surface area contributed by atoms with Crippen LogP contribution in [0, 0.1) is 0 Å². The number of hydrogen-bond donors (Lipinski definition) is 2. The molecular weight excluding hydrogens is 236 g/mol. The Labute approximate surface area is 115 Å². The zero-order valence-corrected chi connectivity index (χ0v) is 11.7. The monoisotopic (exact) mass is 260 g/mol. The van der Waals surface area contributed by atoms with E-state index in [9.17, 15) is 0 Å². The van der Waals surface area contributed by atoms with Gasteiger partial charge in [-0.15, -0.1) is 0 Å². The largest absolute Gasteiger partial charge is 0.494 e. The first-order valence-corrected chi connectivity index (χ1v) is 7.23. The lowest BCUT2D eigenvalue weighted by atomic mass is 9.95. The quantitative estimate of drug-likeness (QED) is 0.484. The summed E-state index contributed by atoms with van der Waals surface area (Å²) < 4.78 is 5.57. The molecule has 0 spiro atoms. The molecule has 0 amide bonds. The number of hydrogen-bond acceptors (Lipinski definition) is 3. The minimum absolute atomic E-state index is 0.110. The van der Waals surface area contributed by atoms with Crippen molar-refractivity contribution in [2.24, 2.45) is 5.84 Å². The molecule has 0 aliphatic heterocycles. The van der Waals surface area contributed by atoms with Crippen molar-refractivity contribution < 1.29 is 4.74 Å². The Morgan fingerprint density at radius 3 is 3.00 bits per heavy atom. The van der Waals surface area contributed by atoms with Crippen LogP contribution in [0.25, 0.3) is 0 Å². The number of allylic oxidation sites excluding steroid dienone is 1. The molecule has 0 saturated carbocycles. The summed E-state index contributed by atoms with van der Waals surface area (Å²) >= 11 is 0. The first-order valence-electron chi connectivity index (χ1n) is 7.23. The van der Waals surface area contributed by atoms with Gasteiger partial charge in [0.2, 0.25) is 0 Å². The smallest absolute Gasteiger partial charge is 0.119 e. The average molecular weight is 260 g/mol. The average Bonchev–Trinajstić information content (AvgIpc) is 2.70. The van der Waals surface area contributed by atoms with Gasteiger partial charge in [-0.25, -0.2) is 5.43 Å². The van der Waals surface area contributed by atoms with Crippen molar-refractivity contribution in [1.82, 2.24) is 5.43 Å². The molecular formula is C16H24N2O. The Hall–Kier alpha value is -1.32. The van der Waals surface area contributed by atoms with Crippen LogP contribution < -0.4 is 16.0 Å². The van der Waals surface area contributed by atoms with E-state index in [0.717, 1.165) is 12.2 Å². The molecule has 1 aromatic rings. The summed E-state index contributed by atoms with van der Waals surface area (Å²) in [6.07, 6.45) is 8.52. The van der Waals surface area contributed by atoms with E-state index in [2.05, 4.69) is 23.6 Å². The van der Waals surface area contributed by atoms with Crippen LogP contribution in [0.4, 0.5) is 0 Å². The van der Waals surface area contributed by atoms with E-state index < -0.39 is 0 Å². The highest BCUT2D eigenvalue weighted by atomic mass is 16.5. The van der Waals surface area contributed by atoms with Crippen molar-refractivity contribution in [3.63, 3.8) is 0 Å². The Morgan fingerprint density at radius 2 is 2.21 bits per heavy atom. The fraction of sp³-hybridized carbons (Fsp3) is 0.500. The van der Waals surface area contributed by atoms with E-state index in [0.29, 0.717) is 6.61 Å². The molecule has 0 fully saturated rings. The second kappa shape index (κ2) is 7.31. The van der Waals surface area contributed by atoms with E-state index >= 15 is 0 Å². The van der Waals surface area contributed by atoms with Crippen LogP contribution >= 0.6 is 0 Å². The predicted octanol–water partition coefficient (Wildman–Crippen LogP) is 3.48. The van der Waals surface area contributed by atoms with Gasteiger partial charge in [0.1, 0.15) is 5.75 Å². The summed E-state index contributed by atoms with van der Waals surface area (Å²) in [6, 6.07) is 8.32. The van der Waals surface area contributed by atoms with Gasteiger partial charge in [0.15, 0.2) is 0 Å². The molecule has 1 aromatic carbocycles. The maximum atomic E-state index is 5.78. The Bertz CT molecular complexity index is 429. The molecule has 1 unspecified atom stereocenters. The second-order valence-electron chi connectivity index (χ2n) is 4.98. The molecule has 0 bridgehead atoms. The van der Waals surface area contributed by atoms with Crippen molar-refractivity contribution >= 4 is 0 Å². The van der Waals surface area contributed by atoms with Gasteiger partial charge in [-0.3, -0.25) is 5.84 Å². The maximum absolute atomic E-state index is 5.78. The number of benzene rings is 1. The highest BCUT2D eigenvalue weighted by molar-refractivity contribution is 5.35. The third kappa shape index (κ3) is 3.82. The van der Waals surface area contributed by atoms with E-state index in [1.54, 1.807) is 0 Å². The summed E-state index contributed by atoms with van der Waals surface area (Å²) in [5, 5.41) is 0. The van der Waals surface area contributed by atoms with Crippen molar-refractivity contribution in [3.05, 3.63) is 41.5 Å². The molecule has 3 heteroatoms. The summed E-state index contributed by atoms with van der Waals surface area (Å²) in [5.41, 5.74) is 5.55. The Morgan fingerprint density at radius 1 is 1.32 bits per heavy atom. The van der Waals surface area contributed by atoms with Crippen molar-refractivity contribution in [2.45, 2.75) is 45.1 Å². The highest BCUT2D eigenvalue weighted by Gasteiger charge is 2.16. The first kappa shape index (κ1) is 14.1. The molecule has 0 aromatic heterocycles. The zero-order chi connectivity index (χ0) is 13.5. The van der Waals surface area contributed by atoms with Crippen LogP contribution in [0.5, 0.6) is 5.75 Å².